The molecule has 0 unspecified atom stereocenters. The Labute approximate surface area is 146 Å². The molecule has 0 radical (unpaired) electrons. The van der Waals surface area contributed by atoms with E-state index in [2.05, 4.69) is 0 Å². The maximum atomic E-state index is 13.8. The van der Waals surface area contributed by atoms with E-state index in [9.17, 15) is 22.0 Å². The largest absolute Gasteiger partial charge is 0.339 e. The summed E-state index contributed by atoms with van der Waals surface area (Å²) in [4.78, 5) is 13.2. The first-order chi connectivity index (χ1) is 11.6. The van der Waals surface area contributed by atoms with Gasteiger partial charge in [-0.1, -0.05) is 13.8 Å². The second kappa shape index (κ2) is 7.76. The van der Waals surface area contributed by atoms with Crippen LogP contribution in [0.1, 0.15) is 20.3 Å². The number of hydrogen-bond donors (Lipinski definition) is 1. The van der Waals surface area contributed by atoms with Crippen LogP contribution in [-0.2, 0) is 14.8 Å². The maximum absolute atomic E-state index is 13.8. The lowest BCUT2D eigenvalue weighted by Crippen LogP contribution is -2.54. The van der Waals surface area contributed by atoms with Crippen molar-refractivity contribution in [2.24, 2.45) is 11.7 Å². The van der Waals surface area contributed by atoms with Crippen molar-refractivity contribution in [1.29, 1.82) is 0 Å². The number of piperazine rings is 1. The third kappa shape index (κ3) is 4.53. The molecule has 1 saturated heterocycles. The number of nitrogens with two attached hydrogens (primary N) is 1. The molecule has 9 heteroatoms. The minimum absolute atomic E-state index is 0.0410. The van der Waals surface area contributed by atoms with Crippen molar-refractivity contribution in [2.75, 3.05) is 26.2 Å². The predicted octanol–water partition coefficient (Wildman–Crippen LogP) is 1.17. The predicted molar refractivity (Wildman–Crippen MR) is 89.1 cm³/mol. The zero-order chi connectivity index (χ0) is 18.8. The molecule has 1 aromatic carbocycles. The molecule has 0 saturated carbocycles. The van der Waals surface area contributed by atoms with Crippen molar-refractivity contribution in [3.63, 3.8) is 0 Å². The Morgan fingerprint density at radius 3 is 2.32 bits per heavy atom. The minimum Gasteiger partial charge on any atom is -0.339 e. The second-order valence-corrected chi connectivity index (χ2v) is 8.45. The molecule has 25 heavy (non-hydrogen) atoms. The van der Waals surface area contributed by atoms with Gasteiger partial charge in [-0.3, -0.25) is 4.79 Å². The van der Waals surface area contributed by atoms with Crippen LogP contribution >= 0.6 is 0 Å². The molecule has 2 N–H and O–H groups in total. The molecule has 140 valence electrons. The van der Waals surface area contributed by atoms with Crippen molar-refractivity contribution in [3.8, 4) is 0 Å². The fourth-order valence-corrected chi connectivity index (χ4v) is 4.28. The first-order valence-corrected chi connectivity index (χ1v) is 9.56. The number of hydrogen-bond acceptors (Lipinski definition) is 4. The Morgan fingerprint density at radius 1 is 1.20 bits per heavy atom. The van der Waals surface area contributed by atoms with Crippen LogP contribution in [0.3, 0.4) is 0 Å². The van der Waals surface area contributed by atoms with Crippen molar-refractivity contribution < 1.29 is 22.0 Å². The molecule has 2 rings (SSSR count). The highest BCUT2D eigenvalue weighted by atomic mass is 32.2. The Balaban J connectivity index is 2.05. The highest BCUT2D eigenvalue weighted by molar-refractivity contribution is 7.89. The molecule has 0 spiro atoms. The van der Waals surface area contributed by atoms with Gasteiger partial charge in [0, 0.05) is 32.2 Å². The molecule has 0 bridgehead atoms. The molecular formula is C16H23F2N3O3S. The van der Waals surface area contributed by atoms with Crippen LogP contribution in [0, 0.1) is 17.6 Å². The van der Waals surface area contributed by atoms with Crippen LogP contribution in [0.4, 0.5) is 8.78 Å². The average Bonchev–Trinajstić information content (AvgIpc) is 2.53. The first-order valence-electron chi connectivity index (χ1n) is 8.12. The Hall–Kier alpha value is -1.58. The normalized spacial score (nSPS) is 17.8. The highest BCUT2D eigenvalue weighted by Gasteiger charge is 2.33. The lowest BCUT2D eigenvalue weighted by Gasteiger charge is -2.35. The molecule has 0 aliphatic carbocycles. The molecule has 1 amide bonds. The van der Waals surface area contributed by atoms with Gasteiger partial charge in [0.2, 0.25) is 15.9 Å². The number of sulfonamides is 1. The van der Waals surface area contributed by atoms with E-state index in [-0.39, 0.29) is 38.0 Å². The van der Waals surface area contributed by atoms with Crippen LogP contribution in [0.25, 0.3) is 0 Å². The SMILES string of the molecule is CC(C)C[C@H](N)C(=O)N1CCN(S(=O)(=O)c2ccc(F)cc2F)CC1. The van der Waals surface area contributed by atoms with E-state index >= 15 is 0 Å². The molecule has 1 aliphatic heterocycles. The van der Waals surface area contributed by atoms with Crippen molar-refractivity contribution in [1.82, 2.24) is 9.21 Å². The standard InChI is InChI=1S/C16H23F2N3O3S/c1-11(2)9-14(19)16(22)20-5-7-21(8-6-20)25(23,24)15-4-3-12(17)10-13(15)18/h3-4,10-11,14H,5-9,19H2,1-2H3/t14-/m0/s1. The Kier molecular flexibility index (Phi) is 6.12. The van der Waals surface area contributed by atoms with Crippen LogP contribution in [0.2, 0.25) is 0 Å². The molecule has 1 aliphatic rings. The van der Waals surface area contributed by atoms with E-state index in [4.69, 9.17) is 5.73 Å². The number of benzene rings is 1. The second-order valence-electron chi connectivity index (χ2n) is 6.54. The van der Waals surface area contributed by atoms with Gasteiger partial charge in [-0.25, -0.2) is 17.2 Å². The third-order valence-electron chi connectivity index (χ3n) is 4.10. The Bertz CT molecular complexity index is 732. The van der Waals surface area contributed by atoms with E-state index in [0.29, 0.717) is 12.5 Å². The summed E-state index contributed by atoms with van der Waals surface area (Å²) in [6, 6.07) is 1.74. The van der Waals surface area contributed by atoms with Crippen molar-refractivity contribution in [3.05, 3.63) is 29.8 Å². The molecule has 1 aromatic rings. The summed E-state index contributed by atoms with van der Waals surface area (Å²) < 4.78 is 52.9. The van der Waals surface area contributed by atoms with Crippen LogP contribution in [-0.4, -0.2) is 55.8 Å². The van der Waals surface area contributed by atoms with Gasteiger partial charge in [0.15, 0.2) is 0 Å². The summed E-state index contributed by atoms with van der Waals surface area (Å²) in [5, 5.41) is 0. The van der Waals surface area contributed by atoms with Crippen LogP contribution in [0.5, 0.6) is 0 Å². The fourth-order valence-electron chi connectivity index (χ4n) is 2.82. The quantitative estimate of drug-likeness (QED) is 0.837. The summed E-state index contributed by atoms with van der Waals surface area (Å²) in [6.07, 6.45) is 0.554. The first kappa shape index (κ1) is 19.7. The summed E-state index contributed by atoms with van der Waals surface area (Å²) in [6.45, 7) is 4.39. The molecule has 1 heterocycles. The molecule has 1 atom stereocenters. The highest BCUT2D eigenvalue weighted by Crippen LogP contribution is 2.21. The van der Waals surface area contributed by atoms with E-state index in [1.165, 1.54) is 4.90 Å². The number of carbonyl (C=O) groups is 1. The fraction of sp³-hybridized carbons (Fsp3) is 0.562. The number of amides is 1. The third-order valence-corrected chi connectivity index (χ3v) is 6.04. The lowest BCUT2D eigenvalue weighted by molar-refractivity contribution is -0.134. The Morgan fingerprint density at radius 2 is 1.80 bits per heavy atom. The summed E-state index contributed by atoms with van der Waals surface area (Å²) in [5.41, 5.74) is 5.89. The van der Waals surface area contributed by atoms with Crippen molar-refractivity contribution >= 4 is 15.9 Å². The summed E-state index contributed by atoms with van der Waals surface area (Å²) in [7, 11) is -4.08. The summed E-state index contributed by atoms with van der Waals surface area (Å²) >= 11 is 0. The molecule has 1 fully saturated rings. The summed E-state index contributed by atoms with van der Waals surface area (Å²) in [5.74, 6) is -1.90. The van der Waals surface area contributed by atoms with Gasteiger partial charge >= 0.3 is 0 Å². The zero-order valence-corrected chi connectivity index (χ0v) is 15.1. The molecule has 0 aromatic heterocycles. The number of halogens is 2. The van der Waals surface area contributed by atoms with Crippen LogP contribution in [0.15, 0.2) is 23.1 Å². The van der Waals surface area contributed by atoms with Gasteiger partial charge in [-0.2, -0.15) is 4.31 Å². The number of carbonyl (C=O) groups excluding carboxylic acids is 1. The minimum atomic E-state index is -4.08. The van der Waals surface area contributed by atoms with Gasteiger partial charge in [0.25, 0.3) is 0 Å². The topological polar surface area (TPSA) is 83.7 Å². The number of nitrogens with zero attached hydrogens (tertiary/aromatic N) is 2. The van der Waals surface area contributed by atoms with Gasteiger partial charge in [0.05, 0.1) is 6.04 Å². The van der Waals surface area contributed by atoms with Crippen LogP contribution < -0.4 is 5.73 Å². The van der Waals surface area contributed by atoms with E-state index in [1.807, 2.05) is 13.8 Å². The van der Waals surface area contributed by atoms with Crippen molar-refractivity contribution in [2.45, 2.75) is 31.2 Å². The molecular weight excluding hydrogens is 352 g/mol. The zero-order valence-electron chi connectivity index (χ0n) is 14.3. The van der Waals surface area contributed by atoms with Gasteiger partial charge in [-0.15, -0.1) is 0 Å². The van der Waals surface area contributed by atoms with E-state index in [0.717, 1.165) is 16.4 Å². The van der Waals surface area contributed by atoms with E-state index in [1.54, 1.807) is 0 Å². The van der Waals surface area contributed by atoms with Gasteiger partial charge < -0.3 is 10.6 Å². The maximum Gasteiger partial charge on any atom is 0.246 e. The monoisotopic (exact) mass is 375 g/mol. The van der Waals surface area contributed by atoms with E-state index < -0.39 is 32.6 Å². The number of rotatable bonds is 5. The smallest absolute Gasteiger partial charge is 0.246 e. The van der Waals surface area contributed by atoms with Gasteiger partial charge in [0.1, 0.15) is 16.5 Å². The van der Waals surface area contributed by atoms with Gasteiger partial charge in [-0.05, 0) is 24.5 Å². The average molecular weight is 375 g/mol. The molecule has 6 nitrogen and oxygen atoms in total. The lowest BCUT2D eigenvalue weighted by atomic mass is 10.0.